The molecule has 2 rings (SSSR count). The molecule has 0 spiro atoms. The molecule has 0 N–H and O–H groups in total. The summed E-state index contributed by atoms with van der Waals surface area (Å²) in [6.45, 7) is 12.0. The van der Waals surface area contributed by atoms with Gasteiger partial charge in [0.15, 0.2) is 8.32 Å². The summed E-state index contributed by atoms with van der Waals surface area (Å²) in [7, 11) is -8.09. The lowest BCUT2D eigenvalue weighted by atomic mass is 9.67. The molecule has 0 radical (unpaired) electrons. The van der Waals surface area contributed by atoms with Crippen molar-refractivity contribution in [2.75, 3.05) is 0 Å². The van der Waals surface area contributed by atoms with E-state index in [-0.39, 0.29) is 10.8 Å². The highest BCUT2D eigenvalue weighted by Crippen LogP contribution is 2.58. The van der Waals surface area contributed by atoms with Gasteiger partial charge in [-0.25, -0.2) is 0 Å². The monoisotopic (exact) mass is 439 g/mol. The summed E-state index contributed by atoms with van der Waals surface area (Å²) in [6.07, 6.45) is 2.09. The van der Waals surface area contributed by atoms with Gasteiger partial charge < -0.3 is 8.61 Å². The number of nitrogens with zero attached hydrogens (tertiary/aromatic N) is 1. The Morgan fingerprint density at radius 2 is 1.86 bits per heavy atom. The number of hydrogen-bond acceptors (Lipinski definition) is 5. The van der Waals surface area contributed by atoms with Crippen LogP contribution in [0, 0.1) is 28.6 Å². The summed E-state index contributed by atoms with van der Waals surface area (Å²) >= 11 is 0. The molecular formula is C18H28F3NO4SSi. The Kier molecular flexibility index (Phi) is 5.83. The van der Waals surface area contributed by atoms with Gasteiger partial charge in [0.1, 0.15) is 5.76 Å². The number of fused-ring (bicyclic) bond motifs is 1. The minimum absolute atomic E-state index is 0.147. The molecule has 160 valence electrons. The molecule has 0 unspecified atom stereocenters. The zero-order chi connectivity index (χ0) is 21.8. The van der Waals surface area contributed by atoms with E-state index in [1.807, 2.05) is 40.8 Å². The number of halogens is 3. The normalized spacial score (nSPS) is 31.7. The topological polar surface area (TPSA) is 76.4 Å². The molecule has 2 aliphatic rings. The minimum atomic E-state index is -5.78. The Hall–Kier alpha value is -1.05. The molecule has 5 nitrogen and oxygen atoms in total. The fourth-order valence-electron chi connectivity index (χ4n) is 3.90. The summed E-state index contributed by atoms with van der Waals surface area (Å²) in [5, 5.41) is 9.49. The highest BCUT2D eigenvalue weighted by Gasteiger charge is 2.59. The summed E-state index contributed by atoms with van der Waals surface area (Å²) < 4.78 is 72.9. The molecule has 0 aliphatic heterocycles. The summed E-state index contributed by atoms with van der Waals surface area (Å²) in [4.78, 5) is 0. The Bertz CT molecular complexity index is 795. The van der Waals surface area contributed by atoms with E-state index in [1.54, 1.807) is 0 Å². The average molecular weight is 440 g/mol. The van der Waals surface area contributed by atoms with Crippen molar-refractivity contribution in [3.05, 3.63) is 11.8 Å². The molecule has 0 aromatic heterocycles. The first-order chi connectivity index (χ1) is 12.5. The van der Waals surface area contributed by atoms with Crippen molar-refractivity contribution in [3.63, 3.8) is 0 Å². The number of hydrogen-bond donors (Lipinski definition) is 0. The predicted molar refractivity (Wildman–Crippen MR) is 101 cm³/mol. The number of allylic oxidation sites excluding steroid dienone is 1. The third-order valence-corrected chi connectivity index (χ3v) is 12.1. The van der Waals surface area contributed by atoms with Crippen LogP contribution < -0.4 is 0 Å². The van der Waals surface area contributed by atoms with Crippen LogP contribution in [0.15, 0.2) is 11.8 Å². The molecular weight excluding hydrogens is 411 g/mol. The predicted octanol–water partition coefficient (Wildman–Crippen LogP) is 5.09. The largest absolute Gasteiger partial charge is 0.534 e. The Morgan fingerprint density at radius 1 is 1.29 bits per heavy atom. The van der Waals surface area contributed by atoms with Crippen LogP contribution in [0.25, 0.3) is 0 Å². The van der Waals surface area contributed by atoms with E-state index in [9.17, 15) is 26.9 Å². The third kappa shape index (κ3) is 3.98. The van der Waals surface area contributed by atoms with E-state index in [2.05, 4.69) is 10.3 Å². The lowest BCUT2D eigenvalue weighted by Gasteiger charge is -2.43. The van der Waals surface area contributed by atoms with Crippen LogP contribution in [0.5, 0.6) is 0 Å². The molecule has 0 aromatic carbocycles. The van der Waals surface area contributed by atoms with Crippen molar-refractivity contribution in [2.24, 2.45) is 17.3 Å². The Balaban J connectivity index is 2.45. The molecule has 0 bridgehead atoms. The maximum atomic E-state index is 12.9. The molecule has 1 saturated carbocycles. The quantitative estimate of drug-likeness (QED) is 0.347. The lowest BCUT2D eigenvalue weighted by Crippen LogP contribution is -2.47. The van der Waals surface area contributed by atoms with Crippen LogP contribution in [0.3, 0.4) is 0 Å². The fourth-order valence-corrected chi connectivity index (χ4v) is 5.76. The average Bonchev–Trinajstić information content (AvgIpc) is 2.76. The second kappa shape index (κ2) is 7.02. The molecule has 10 heteroatoms. The standard InChI is InChI=1S/C18H28F3NO4SSi/c1-16(2,3)28(5,6)26-14-10-12(11-22)17(4)9-7-8-13(15(14)17)25-27(23,24)18(19,20)21/h8,12,14-15H,7,9-10H2,1-6H3/t12-,14+,15+,17-/m0/s1. The SMILES string of the molecule is CC(C)(C)[Si](C)(C)O[C@@H]1C[C@@H](C#N)[C@]2(C)CCC=C(OS(=O)(=O)C(F)(F)F)[C@H]12. The van der Waals surface area contributed by atoms with Gasteiger partial charge in [-0.3, -0.25) is 0 Å². The molecule has 0 saturated heterocycles. The van der Waals surface area contributed by atoms with Crippen LogP contribution in [0.2, 0.25) is 18.1 Å². The van der Waals surface area contributed by atoms with Gasteiger partial charge in [-0.2, -0.15) is 26.9 Å². The first kappa shape index (κ1) is 23.2. The highest BCUT2D eigenvalue weighted by molar-refractivity contribution is 7.87. The summed E-state index contributed by atoms with van der Waals surface area (Å²) in [5.74, 6) is -1.40. The minimum Gasteiger partial charge on any atom is -0.413 e. The van der Waals surface area contributed by atoms with E-state index in [0.29, 0.717) is 19.3 Å². The number of alkyl halides is 3. The van der Waals surface area contributed by atoms with Crippen LogP contribution in [-0.4, -0.2) is 28.3 Å². The van der Waals surface area contributed by atoms with Gasteiger partial charge in [-0.1, -0.05) is 27.7 Å². The molecule has 1 fully saturated rings. The van der Waals surface area contributed by atoms with Crippen LogP contribution in [-0.2, 0) is 18.7 Å². The van der Waals surface area contributed by atoms with E-state index in [0.717, 1.165) is 0 Å². The van der Waals surface area contributed by atoms with Gasteiger partial charge >= 0.3 is 15.6 Å². The Morgan fingerprint density at radius 3 is 2.32 bits per heavy atom. The van der Waals surface area contributed by atoms with Crippen LogP contribution in [0.1, 0.15) is 47.0 Å². The van der Waals surface area contributed by atoms with Crippen molar-refractivity contribution in [1.82, 2.24) is 0 Å². The molecule has 0 aromatic rings. The van der Waals surface area contributed by atoms with Crippen molar-refractivity contribution in [1.29, 1.82) is 5.26 Å². The number of nitriles is 1. The number of rotatable bonds is 4. The second-order valence-corrected chi connectivity index (χ2v) is 15.7. The van der Waals surface area contributed by atoms with Crippen molar-refractivity contribution in [3.8, 4) is 6.07 Å². The van der Waals surface area contributed by atoms with Gasteiger partial charge in [0.25, 0.3) is 0 Å². The summed E-state index contributed by atoms with van der Waals surface area (Å²) in [5.41, 5.74) is -6.21. The van der Waals surface area contributed by atoms with E-state index in [4.69, 9.17) is 4.43 Å². The summed E-state index contributed by atoms with van der Waals surface area (Å²) in [6, 6.07) is 2.25. The Labute approximate surface area is 166 Å². The second-order valence-electron chi connectivity index (χ2n) is 9.45. The van der Waals surface area contributed by atoms with E-state index in [1.165, 1.54) is 6.08 Å². The van der Waals surface area contributed by atoms with Gasteiger partial charge in [0.2, 0.25) is 0 Å². The van der Waals surface area contributed by atoms with Crippen molar-refractivity contribution < 1.29 is 30.2 Å². The zero-order valence-corrected chi connectivity index (χ0v) is 18.9. The van der Waals surface area contributed by atoms with Crippen LogP contribution >= 0.6 is 0 Å². The van der Waals surface area contributed by atoms with Crippen molar-refractivity contribution >= 4 is 18.4 Å². The van der Waals surface area contributed by atoms with Gasteiger partial charge in [0, 0.05) is 5.92 Å². The lowest BCUT2D eigenvalue weighted by molar-refractivity contribution is -0.0542. The maximum Gasteiger partial charge on any atom is 0.534 e. The van der Waals surface area contributed by atoms with E-state index >= 15 is 0 Å². The molecule has 0 heterocycles. The molecule has 28 heavy (non-hydrogen) atoms. The first-order valence-electron chi connectivity index (χ1n) is 9.24. The molecule has 4 atom stereocenters. The zero-order valence-electron chi connectivity index (χ0n) is 17.1. The van der Waals surface area contributed by atoms with Gasteiger partial charge in [0.05, 0.1) is 18.1 Å². The fraction of sp³-hybridized carbons (Fsp3) is 0.833. The van der Waals surface area contributed by atoms with Crippen LogP contribution in [0.4, 0.5) is 13.2 Å². The van der Waals surface area contributed by atoms with Gasteiger partial charge in [-0.05, 0) is 48.9 Å². The smallest absolute Gasteiger partial charge is 0.413 e. The van der Waals surface area contributed by atoms with Crippen molar-refractivity contribution in [2.45, 2.75) is 76.7 Å². The first-order valence-corrected chi connectivity index (χ1v) is 13.6. The van der Waals surface area contributed by atoms with Gasteiger partial charge in [-0.15, -0.1) is 0 Å². The van der Waals surface area contributed by atoms with E-state index < -0.39 is 47.3 Å². The molecule has 2 aliphatic carbocycles. The highest BCUT2D eigenvalue weighted by atomic mass is 32.2. The maximum absolute atomic E-state index is 12.9. The molecule has 0 amide bonds. The third-order valence-electron chi connectivity index (χ3n) is 6.58.